The van der Waals surface area contributed by atoms with E-state index in [2.05, 4.69) is 45.9 Å². The molecule has 1 nitrogen and oxygen atoms in total. The summed E-state index contributed by atoms with van der Waals surface area (Å²) in [4.78, 5) is 0. The summed E-state index contributed by atoms with van der Waals surface area (Å²) >= 11 is 0. The zero-order valence-corrected chi connectivity index (χ0v) is 11.8. The molecular weight excluding hydrogens is 212 g/mol. The summed E-state index contributed by atoms with van der Waals surface area (Å²) in [5.74, 6) is 3.04. The molecule has 86 valence electrons. The van der Waals surface area contributed by atoms with E-state index in [9.17, 15) is 0 Å². The van der Waals surface area contributed by atoms with Crippen molar-refractivity contribution < 1.29 is 4.43 Å². The molecular formula is C14H20OSi. The van der Waals surface area contributed by atoms with Crippen molar-refractivity contribution in [2.45, 2.75) is 38.9 Å². The third-order valence-electron chi connectivity index (χ3n) is 3.08. The first-order chi connectivity index (χ1) is 7.33. The summed E-state index contributed by atoms with van der Waals surface area (Å²) < 4.78 is 5.78. The molecule has 0 bridgehead atoms. The molecule has 1 aromatic rings. The van der Waals surface area contributed by atoms with Gasteiger partial charge in [0.1, 0.15) is 6.11 Å². The molecule has 0 aliphatic rings. The highest BCUT2D eigenvalue weighted by molar-refractivity contribution is 6.74. The molecule has 0 radical (unpaired) electrons. The van der Waals surface area contributed by atoms with Gasteiger partial charge in [0, 0.05) is 5.56 Å². The molecule has 0 saturated carbocycles. The highest BCUT2D eigenvalue weighted by Crippen LogP contribution is 2.36. The van der Waals surface area contributed by atoms with Gasteiger partial charge in [-0.3, -0.25) is 0 Å². The van der Waals surface area contributed by atoms with Gasteiger partial charge in [0.25, 0.3) is 8.32 Å². The lowest BCUT2D eigenvalue weighted by molar-refractivity contribution is 0.461. The molecule has 0 saturated heterocycles. The fourth-order valence-corrected chi connectivity index (χ4v) is 1.50. The van der Waals surface area contributed by atoms with Crippen LogP contribution in [0.4, 0.5) is 0 Å². The van der Waals surface area contributed by atoms with Crippen molar-refractivity contribution in [3.63, 3.8) is 0 Å². The molecule has 0 unspecified atom stereocenters. The van der Waals surface area contributed by atoms with Crippen LogP contribution in [0.25, 0.3) is 0 Å². The molecule has 0 amide bonds. The summed E-state index contributed by atoms with van der Waals surface area (Å²) in [6.07, 6.45) is 2.86. The van der Waals surface area contributed by atoms with Gasteiger partial charge in [-0.15, -0.1) is 0 Å². The maximum absolute atomic E-state index is 5.78. The highest BCUT2D eigenvalue weighted by atomic mass is 28.4. The second-order valence-corrected chi connectivity index (χ2v) is 10.2. The Hall–Kier alpha value is -1.20. The monoisotopic (exact) mass is 232 g/mol. The third kappa shape index (κ3) is 3.43. The van der Waals surface area contributed by atoms with Crippen LogP contribution >= 0.6 is 0 Å². The van der Waals surface area contributed by atoms with Gasteiger partial charge in [-0.05, 0) is 36.2 Å². The van der Waals surface area contributed by atoms with E-state index >= 15 is 0 Å². The Labute approximate surface area is 100.0 Å². The Kier molecular flexibility index (Phi) is 3.82. The van der Waals surface area contributed by atoms with Crippen LogP contribution in [0.15, 0.2) is 30.3 Å². The zero-order valence-electron chi connectivity index (χ0n) is 10.8. The van der Waals surface area contributed by atoms with Crippen molar-refractivity contribution in [1.82, 2.24) is 0 Å². The lowest BCUT2D eigenvalue weighted by atomic mass is 10.2. The van der Waals surface area contributed by atoms with Crippen molar-refractivity contribution in [1.29, 1.82) is 0 Å². The largest absolute Gasteiger partial charge is 0.500 e. The van der Waals surface area contributed by atoms with Crippen LogP contribution in [0.1, 0.15) is 26.3 Å². The van der Waals surface area contributed by atoms with E-state index < -0.39 is 8.32 Å². The summed E-state index contributed by atoms with van der Waals surface area (Å²) in [5, 5.41) is 0.207. The van der Waals surface area contributed by atoms with Crippen LogP contribution in [-0.2, 0) is 4.43 Å². The van der Waals surface area contributed by atoms with Crippen molar-refractivity contribution in [3.05, 3.63) is 35.9 Å². The first-order valence-electron chi connectivity index (χ1n) is 5.57. The lowest BCUT2D eigenvalue weighted by Gasteiger charge is -2.33. The van der Waals surface area contributed by atoms with Gasteiger partial charge in [-0.1, -0.05) is 39.0 Å². The van der Waals surface area contributed by atoms with Crippen LogP contribution in [-0.4, -0.2) is 8.32 Å². The SMILES string of the molecule is CC(C)(C)[Si](C)(C)OC#Cc1ccccc1. The molecule has 0 fully saturated rings. The maximum atomic E-state index is 5.78. The Morgan fingerprint density at radius 1 is 1.06 bits per heavy atom. The molecule has 0 spiro atoms. The number of benzene rings is 1. The van der Waals surface area contributed by atoms with Crippen molar-refractivity contribution in [2.24, 2.45) is 0 Å². The van der Waals surface area contributed by atoms with Crippen LogP contribution in [0.2, 0.25) is 18.1 Å². The van der Waals surface area contributed by atoms with Gasteiger partial charge < -0.3 is 4.43 Å². The fourth-order valence-electron chi connectivity index (χ4n) is 0.887. The van der Waals surface area contributed by atoms with Crippen molar-refractivity contribution >= 4 is 8.32 Å². The van der Waals surface area contributed by atoms with Crippen molar-refractivity contribution in [3.8, 4) is 12.0 Å². The third-order valence-corrected chi connectivity index (χ3v) is 7.31. The zero-order chi connectivity index (χ0) is 12.2. The summed E-state index contributed by atoms with van der Waals surface area (Å²) in [6.45, 7) is 11.0. The van der Waals surface area contributed by atoms with Gasteiger partial charge in [0.05, 0.1) is 0 Å². The predicted octanol–water partition coefficient (Wildman–Crippen LogP) is 4.02. The van der Waals surface area contributed by atoms with Gasteiger partial charge in [0.2, 0.25) is 0 Å². The minimum atomic E-state index is -1.73. The Bertz CT molecular complexity index is 390. The molecule has 0 heterocycles. The average Bonchev–Trinajstić information content (AvgIpc) is 2.17. The second kappa shape index (κ2) is 4.76. The van der Waals surface area contributed by atoms with E-state index in [1.807, 2.05) is 30.3 Å². The number of rotatable bonds is 1. The summed E-state index contributed by atoms with van der Waals surface area (Å²) in [5.41, 5.74) is 1.00. The van der Waals surface area contributed by atoms with Gasteiger partial charge in [-0.2, -0.15) is 0 Å². The topological polar surface area (TPSA) is 9.23 Å². The lowest BCUT2D eigenvalue weighted by Crippen LogP contribution is -2.39. The standard InChI is InChI=1S/C14H20OSi/c1-14(2,3)16(4,5)15-12-11-13-9-7-6-8-10-13/h6-10H,1-5H3. The Balaban J connectivity index is 2.69. The second-order valence-electron chi connectivity index (χ2n) is 5.46. The van der Waals surface area contributed by atoms with E-state index in [-0.39, 0.29) is 5.04 Å². The van der Waals surface area contributed by atoms with Crippen LogP contribution in [0.5, 0.6) is 0 Å². The minimum absolute atomic E-state index is 0.207. The molecule has 1 rings (SSSR count). The highest BCUT2D eigenvalue weighted by Gasteiger charge is 2.38. The molecule has 0 N–H and O–H groups in total. The Morgan fingerprint density at radius 2 is 1.62 bits per heavy atom. The van der Waals surface area contributed by atoms with E-state index in [0.29, 0.717) is 0 Å². The summed E-state index contributed by atoms with van der Waals surface area (Å²) in [7, 11) is -1.73. The number of hydrogen-bond acceptors (Lipinski definition) is 1. The molecule has 1 aromatic carbocycles. The first kappa shape index (κ1) is 12.9. The van der Waals surface area contributed by atoms with E-state index in [4.69, 9.17) is 4.43 Å². The number of hydrogen-bond donors (Lipinski definition) is 0. The van der Waals surface area contributed by atoms with Crippen LogP contribution in [0, 0.1) is 12.0 Å². The molecule has 0 aliphatic heterocycles. The molecule has 0 aromatic heterocycles. The fraction of sp³-hybridized carbons (Fsp3) is 0.429. The summed E-state index contributed by atoms with van der Waals surface area (Å²) in [6, 6.07) is 9.93. The predicted molar refractivity (Wildman–Crippen MR) is 71.6 cm³/mol. The molecule has 2 heteroatoms. The normalized spacial score (nSPS) is 11.6. The molecule has 16 heavy (non-hydrogen) atoms. The molecule has 0 atom stereocenters. The smallest absolute Gasteiger partial charge is 0.264 e. The molecule has 0 aliphatic carbocycles. The van der Waals surface area contributed by atoms with Gasteiger partial charge >= 0.3 is 0 Å². The minimum Gasteiger partial charge on any atom is -0.500 e. The average molecular weight is 232 g/mol. The van der Waals surface area contributed by atoms with Gasteiger partial charge in [0.15, 0.2) is 0 Å². The van der Waals surface area contributed by atoms with Crippen molar-refractivity contribution in [2.75, 3.05) is 0 Å². The first-order valence-corrected chi connectivity index (χ1v) is 8.48. The van der Waals surface area contributed by atoms with E-state index in [1.165, 1.54) is 0 Å². The van der Waals surface area contributed by atoms with E-state index in [0.717, 1.165) is 5.56 Å². The Morgan fingerprint density at radius 3 is 2.12 bits per heavy atom. The van der Waals surface area contributed by atoms with Gasteiger partial charge in [-0.25, -0.2) is 0 Å². The van der Waals surface area contributed by atoms with Crippen LogP contribution in [0.3, 0.4) is 0 Å². The van der Waals surface area contributed by atoms with E-state index in [1.54, 1.807) is 0 Å². The quantitative estimate of drug-likeness (QED) is 0.525. The maximum Gasteiger partial charge on any atom is 0.264 e. The van der Waals surface area contributed by atoms with Crippen LogP contribution < -0.4 is 0 Å².